The fraction of sp³-hybridized carbons (Fsp3) is 0.229. The van der Waals surface area contributed by atoms with Crippen molar-refractivity contribution in [2.45, 2.75) is 38.4 Å². The molecule has 0 saturated heterocycles. The highest BCUT2D eigenvalue weighted by Crippen LogP contribution is 2.33. The molecular weight excluding hydrogens is 504 g/mol. The van der Waals surface area contributed by atoms with Crippen LogP contribution in [0.15, 0.2) is 109 Å². The maximum Gasteiger partial charge on any atom is 0.161 e. The summed E-state index contributed by atoms with van der Waals surface area (Å²) in [5.74, 6) is 1.63. The van der Waals surface area contributed by atoms with Crippen molar-refractivity contribution in [3.63, 3.8) is 0 Å². The number of hydrogen-bond donors (Lipinski definition) is 1. The standard InChI is InChI=1S/C35H36N6/c1-40(2)30-15-13-29(14-16-30)37-35-32-23-31(17-18-33(32)38-34(39-35)28-19-21-36-22-20-28)41(24-26-9-5-3-6-10-26)25-27-11-7-4-8-12-27/h3-16,19-22,31H,17-18,23-25H2,1-2H3,(H,37,38,39). The van der Waals surface area contributed by atoms with Crippen molar-refractivity contribution in [3.05, 3.63) is 132 Å². The van der Waals surface area contributed by atoms with E-state index in [4.69, 9.17) is 9.97 Å². The Labute approximate surface area is 242 Å². The number of benzene rings is 3. The first-order valence-corrected chi connectivity index (χ1v) is 14.3. The van der Waals surface area contributed by atoms with E-state index in [-0.39, 0.29) is 0 Å². The fourth-order valence-electron chi connectivity index (χ4n) is 5.57. The quantitative estimate of drug-likeness (QED) is 0.219. The average molecular weight is 541 g/mol. The molecule has 1 aliphatic carbocycles. The summed E-state index contributed by atoms with van der Waals surface area (Å²) >= 11 is 0. The van der Waals surface area contributed by atoms with E-state index in [9.17, 15) is 0 Å². The first kappa shape index (κ1) is 26.7. The number of aromatic nitrogens is 3. The van der Waals surface area contributed by atoms with Crippen LogP contribution in [0.25, 0.3) is 11.4 Å². The molecule has 0 amide bonds. The molecule has 1 unspecified atom stereocenters. The lowest BCUT2D eigenvalue weighted by Crippen LogP contribution is -2.39. The van der Waals surface area contributed by atoms with Gasteiger partial charge >= 0.3 is 0 Å². The summed E-state index contributed by atoms with van der Waals surface area (Å²) in [4.78, 5) is 19.1. The Morgan fingerprint density at radius 3 is 2.00 bits per heavy atom. The molecule has 2 heterocycles. The Bertz CT molecular complexity index is 1510. The van der Waals surface area contributed by atoms with Crippen LogP contribution in [0.4, 0.5) is 17.2 Å². The van der Waals surface area contributed by atoms with Crippen LogP contribution in [0, 0.1) is 0 Å². The van der Waals surface area contributed by atoms with Crippen molar-refractivity contribution in [2.24, 2.45) is 0 Å². The number of anilines is 3. The Morgan fingerprint density at radius 1 is 0.756 bits per heavy atom. The molecule has 3 aromatic carbocycles. The van der Waals surface area contributed by atoms with Crippen LogP contribution in [0.5, 0.6) is 0 Å². The van der Waals surface area contributed by atoms with Gasteiger partial charge < -0.3 is 10.2 Å². The van der Waals surface area contributed by atoms with Crippen LogP contribution in [0.2, 0.25) is 0 Å². The summed E-state index contributed by atoms with van der Waals surface area (Å²) < 4.78 is 0. The Morgan fingerprint density at radius 2 is 1.39 bits per heavy atom. The highest BCUT2D eigenvalue weighted by molar-refractivity contribution is 5.66. The lowest BCUT2D eigenvalue weighted by atomic mass is 9.90. The van der Waals surface area contributed by atoms with Gasteiger partial charge in [-0.25, -0.2) is 9.97 Å². The maximum atomic E-state index is 5.09. The van der Waals surface area contributed by atoms with E-state index in [2.05, 4.69) is 119 Å². The first-order chi connectivity index (χ1) is 20.1. The van der Waals surface area contributed by atoms with Gasteiger partial charge in [-0.3, -0.25) is 9.88 Å². The summed E-state index contributed by atoms with van der Waals surface area (Å²) in [6.45, 7) is 1.81. The third kappa shape index (κ3) is 6.44. The van der Waals surface area contributed by atoms with Crippen LogP contribution in [0.3, 0.4) is 0 Å². The van der Waals surface area contributed by atoms with Gasteiger partial charge in [-0.05, 0) is 66.8 Å². The van der Waals surface area contributed by atoms with Crippen LogP contribution in [-0.4, -0.2) is 40.0 Å². The first-order valence-electron chi connectivity index (χ1n) is 14.3. The van der Waals surface area contributed by atoms with Gasteiger partial charge in [0.2, 0.25) is 0 Å². The van der Waals surface area contributed by atoms with E-state index in [0.717, 1.165) is 66.6 Å². The predicted molar refractivity (Wildman–Crippen MR) is 167 cm³/mol. The molecule has 6 rings (SSSR count). The van der Waals surface area contributed by atoms with E-state index in [0.29, 0.717) is 6.04 Å². The third-order valence-corrected chi connectivity index (χ3v) is 7.81. The molecule has 0 aliphatic heterocycles. The number of rotatable bonds is 9. The van der Waals surface area contributed by atoms with Gasteiger partial charge in [-0.1, -0.05) is 60.7 Å². The van der Waals surface area contributed by atoms with E-state index in [1.165, 1.54) is 16.7 Å². The summed E-state index contributed by atoms with van der Waals surface area (Å²) in [7, 11) is 4.11. The molecule has 41 heavy (non-hydrogen) atoms. The Hall–Kier alpha value is -4.55. The zero-order valence-electron chi connectivity index (χ0n) is 23.7. The van der Waals surface area contributed by atoms with Crippen LogP contribution >= 0.6 is 0 Å². The molecule has 1 atom stereocenters. The van der Waals surface area contributed by atoms with Crippen molar-refractivity contribution < 1.29 is 0 Å². The van der Waals surface area contributed by atoms with Gasteiger partial charge in [0.05, 0.1) is 0 Å². The minimum atomic E-state index is 0.370. The Kier molecular flexibility index (Phi) is 8.01. The van der Waals surface area contributed by atoms with Crippen LogP contribution in [-0.2, 0) is 25.9 Å². The SMILES string of the molecule is CN(C)c1ccc(Nc2nc(-c3ccncc3)nc3c2CC(N(Cc2ccccc2)Cc2ccccc2)CC3)cc1. The van der Waals surface area contributed by atoms with Crippen LogP contribution < -0.4 is 10.2 Å². The minimum Gasteiger partial charge on any atom is -0.378 e. The summed E-state index contributed by atoms with van der Waals surface area (Å²) in [5.41, 5.74) is 8.16. The normalized spacial score (nSPS) is 14.5. The molecule has 0 bridgehead atoms. The largest absolute Gasteiger partial charge is 0.378 e. The molecule has 0 fully saturated rings. The average Bonchev–Trinajstić information content (AvgIpc) is 3.02. The number of nitrogens with zero attached hydrogens (tertiary/aromatic N) is 5. The predicted octanol–water partition coefficient (Wildman–Crippen LogP) is 6.91. The lowest BCUT2D eigenvalue weighted by molar-refractivity contribution is 0.161. The lowest BCUT2D eigenvalue weighted by Gasteiger charge is -2.36. The van der Waals surface area contributed by atoms with Gasteiger partial charge in [0, 0.05) is 73.8 Å². The van der Waals surface area contributed by atoms with Crippen molar-refractivity contribution in [2.75, 3.05) is 24.3 Å². The smallest absolute Gasteiger partial charge is 0.161 e. The minimum absolute atomic E-state index is 0.370. The number of aryl methyl sites for hydroxylation is 1. The second kappa shape index (κ2) is 12.3. The highest BCUT2D eigenvalue weighted by Gasteiger charge is 2.29. The van der Waals surface area contributed by atoms with Gasteiger partial charge in [-0.15, -0.1) is 0 Å². The topological polar surface area (TPSA) is 57.2 Å². The molecule has 2 aromatic heterocycles. The van der Waals surface area contributed by atoms with Gasteiger partial charge in [0.15, 0.2) is 5.82 Å². The van der Waals surface area contributed by atoms with Crippen molar-refractivity contribution in [3.8, 4) is 11.4 Å². The van der Waals surface area contributed by atoms with Crippen molar-refractivity contribution in [1.82, 2.24) is 19.9 Å². The number of fused-ring (bicyclic) bond motifs is 1. The van der Waals surface area contributed by atoms with Crippen LogP contribution in [0.1, 0.15) is 28.8 Å². The van der Waals surface area contributed by atoms with Gasteiger partial charge in [-0.2, -0.15) is 0 Å². The molecule has 6 heteroatoms. The number of pyridine rings is 1. The molecular formula is C35H36N6. The number of hydrogen-bond acceptors (Lipinski definition) is 6. The van der Waals surface area contributed by atoms with Crippen molar-refractivity contribution in [1.29, 1.82) is 0 Å². The molecule has 1 N–H and O–H groups in total. The molecule has 5 aromatic rings. The van der Waals surface area contributed by atoms with E-state index in [1.807, 2.05) is 12.1 Å². The molecule has 6 nitrogen and oxygen atoms in total. The van der Waals surface area contributed by atoms with Gasteiger partial charge in [0.25, 0.3) is 0 Å². The van der Waals surface area contributed by atoms with Gasteiger partial charge in [0.1, 0.15) is 5.82 Å². The summed E-state index contributed by atoms with van der Waals surface area (Å²) in [6, 6.07) is 34.4. The summed E-state index contributed by atoms with van der Waals surface area (Å²) in [6.07, 6.45) is 6.45. The summed E-state index contributed by atoms with van der Waals surface area (Å²) in [5, 5.41) is 3.66. The molecule has 0 saturated carbocycles. The highest BCUT2D eigenvalue weighted by atomic mass is 15.2. The zero-order chi connectivity index (χ0) is 28.0. The number of nitrogens with one attached hydrogen (secondary N) is 1. The molecule has 0 spiro atoms. The maximum absolute atomic E-state index is 5.09. The van der Waals surface area contributed by atoms with E-state index in [1.54, 1.807) is 12.4 Å². The fourth-order valence-corrected chi connectivity index (χ4v) is 5.57. The molecule has 1 aliphatic rings. The van der Waals surface area contributed by atoms with E-state index >= 15 is 0 Å². The Balaban J connectivity index is 1.34. The second-order valence-corrected chi connectivity index (χ2v) is 10.9. The zero-order valence-corrected chi connectivity index (χ0v) is 23.7. The monoisotopic (exact) mass is 540 g/mol. The van der Waals surface area contributed by atoms with Crippen molar-refractivity contribution >= 4 is 17.2 Å². The van der Waals surface area contributed by atoms with E-state index < -0.39 is 0 Å². The molecule has 0 radical (unpaired) electrons. The molecule has 206 valence electrons. The third-order valence-electron chi connectivity index (χ3n) is 7.81. The second-order valence-electron chi connectivity index (χ2n) is 10.9.